The van der Waals surface area contributed by atoms with Gasteiger partial charge in [0.15, 0.2) is 0 Å². The first-order valence-electron chi connectivity index (χ1n) is 12.3. The standard InChI is InChI=1S/C24H29N9O2.C2H6O/c1-31-9-11-33(12-10-31)15-21(34)27-19-6-4-5-16-17(13-26-22(16)19)18-7-8-25-24(28-18)29-20-14-32(2)30-23(20)35-3;1-3-2/h4-8,13-14,26H,9-12,15H2,1-3H3,(H,27,34)(H,25,28,29);1-2H3. The maximum atomic E-state index is 12.7. The van der Waals surface area contributed by atoms with E-state index in [1.807, 2.05) is 37.5 Å². The molecule has 1 aromatic carbocycles. The number of ether oxygens (including phenoxy) is 2. The molecule has 0 atom stereocenters. The number of aromatic nitrogens is 5. The number of rotatable bonds is 7. The quantitative estimate of drug-likeness (QED) is 0.336. The van der Waals surface area contributed by atoms with E-state index in [2.05, 4.69) is 52.3 Å². The maximum absolute atomic E-state index is 12.7. The molecule has 0 bridgehead atoms. The van der Waals surface area contributed by atoms with Crippen LogP contribution in [0.3, 0.4) is 0 Å². The van der Waals surface area contributed by atoms with Crippen LogP contribution < -0.4 is 15.4 Å². The van der Waals surface area contributed by atoms with E-state index in [9.17, 15) is 4.79 Å². The largest absolute Gasteiger partial charge is 0.478 e. The minimum Gasteiger partial charge on any atom is -0.478 e. The fourth-order valence-electron chi connectivity index (χ4n) is 4.26. The Morgan fingerprint density at radius 1 is 1.08 bits per heavy atom. The van der Waals surface area contributed by atoms with Crippen molar-refractivity contribution in [3.05, 3.63) is 42.9 Å². The van der Waals surface area contributed by atoms with Gasteiger partial charge in [-0.1, -0.05) is 12.1 Å². The van der Waals surface area contributed by atoms with Crippen molar-refractivity contribution in [3.63, 3.8) is 0 Å². The molecule has 0 radical (unpaired) electrons. The number of hydrogen-bond donors (Lipinski definition) is 3. The highest BCUT2D eigenvalue weighted by molar-refractivity contribution is 6.05. The highest BCUT2D eigenvalue weighted by Gasteiger charge is 2.18. The van der Waals surface area contributed by atoms with Gasteiger partial charge in [-0.05, 0) is 19.2 Å². The first-order chi connectivity index (χ1) is 18.4. The van der Waals surface area contributed by atoms with Gasteiger partial charge >= 0.3 is 0 Å². The van der Waals surface area contributed by atoms with Crippen molar-refractivity contribution in [2.24, 2.45) is 7.05 Å². The molecule has 38 heavy (non-hydrogen) atoms. The Morgan fingerprint density at radius 2 is 1.84 bits per heavy atom. The van der Waals surface area contributed by atoms with Gasteiger partial charge in [0, 0.05) is 70.8 Å². The molecule has 0 saturated carbocycles. The number of benzene rings is 1. The van der Waals surface area contributed by atoms with Crippen molar-refractivity contribution in [1.82, 2.24) is 34.5 Å². The number of methoxy groups -OCH3 is 2. The lowest BCUT2D eigenvalue weighted by molar-refractivity contribution is -0.117. The number of H-pyrrole nitrogens is 1. The molecule has 1 aliphatic rings. The van der Waals surface area contributed by atoms with Crippen LogP contribution in [0.1, 0.15) is 0 Å². The zero-order valence-corrected chi connectivity index (χ0v) is 22.5. The highest BCUT2D eigenvalue weighted by atomic mass is 16.5. The number of hydrogen-bond acceptors (Lipinski definition) is 9. The van der Waals surface area contributed by atoms with Gasteiger partial charge in [0.1, 0.15) is 5.69 Å². The van der Waals surface area contributed by atoms with Crippen LogP contribution in [0.2, 0.25) is 0 Å². The molecule has 4 aromatic rings. The van der Waals surface area contributed by atoms with E-state index in [0.717, 1.165) is 54.0 Å². The van der Waals surface area contributed by atoms with Gasteiger partial charge in [0.2, 0.25) is 11.9 Å². The van der Waals surface area contributed by atoms with Crippen molar-refractivity contribution in [2.75, 3.05) is 71.7 Å². The minimum atomic E-state index is -0.0165. The number of fused-ring (bicyclic) bond motifs is 1. The Morgan fingerprint density at radius 3 is 2.58 bits per heavy atom. The lowest BCUT2D eigenvalue weighted by atomic mass is 10.1. The third kappa shape index (κ3) is 6.46. The summed E-state index contributed by atoms with van der Waals surface area (Å²) in [5.41, 5.74) is 3.95. The van der Waals surface area contributed by atoms with Gasteiger partial charge in [-0.15, -0.1) is 5.10 Å². The van der Waals surface area contributed by atoms with Gasteiger partial charge in [0.25, 0.3) is 5.88 Å². The normalized spacial score (nSPS) is 14.1. The number of nitrogens with one attached hydrogen (secondary N) is 3. The Bertz CT molecular complexity index is 1360. The average Bonchev–Trinajstić information content (AvgIpc) is 3.49. The van der Waals surface area contributed by atoms with Crippen LogP contribution in [0.4, 0.5) is 17.3 Å². The van der Waals surface area contributed by atoms with Crippen molar-refractivity contribution < 1.29 is 14.3 Å². The van der Waals surface area contributed by atoms with Crippen molar-refractivity contribution in [1.29, 1.82) is 0 Å². The Hall–Kier alpha value is -4.00. The molecule has 1 aliphatic heterocycles. The minimum absolute atomic E-state index is 0.0165. The van der Waals surface area contributed by atoms with Gasteiger partial charge in [-0.2, -0.15) is 0 Å². The molecule has 0 unspecified atom stereocenters. The lowest BCUT2D eigenvalue weighted by Gasteiger charge is -2.31. The van der Waals surface area contributed by atoms with E-state index in [0.29, 0.717) is 24.1 Å². The van der Waals surface area contributed by atoms with E-state index in [1.165, 1.54) is 0 Å². The molecule has 3 aromatic heterocycles. The summed E-state index contributed by atoms with van der Waals surface area (Å²) in [5, 5.41) is 11.4. The molecule has 0 spiro atoms. The molecule has 12 heteroatoms. The predicted octanol–water partition coefficient (Wildman–Crippen LogP) is 2.56. The summed E-state index contributed by atoms with van der Waals surface area (Å²) in [4.78, 5) is 29.5. The summed E-state index contributed by atoms with van der Waals surface area (Å²) in [6.45, 7) is 4.14. The number of anilines is 3. The van der Waals surface area contributed by atoms with Crippen LogP contribution >= 0.6 is 0 Å². The number of likely N-dealkylation sites (N-methyl/N-ethyl adjacent to an activating group) is 1. The Labute approximate surface area is 222 Å². The van der Waals surface area contributed by atoms with E-state index >= 15 is 0 Å². The first-order valence-corrected chi connectivity index (χ1v) is 12.3. The molecule has 5 rings (SSSR count). The third-order valence-corrected chi connectivity index (χ3v) is 6.12. The predicted molar refractivity (Wildman–Crippen MR) is 148 cm³/mol. The number of aromatic amines is 1. The number of nitrogens with zero attached hydrogens (tertiary/aromatic N) is 6. The van der Waals surface area contributed by atoms with Crippen LogP contribution in [0.5, 0.6) is 5.88 Å². The van der Waals surface area contributed by atoms with E-state index in [-0.39, 0.29) is 5.91 Å². The van der Waals surface area contributed by atoms with E-state index in [4.69, 9.17) is 4.74 Å². The summed E-state index contributed by atoms with van der Waals surface area (Å²) < 4.78 is 11.2. The van der Waals surface area contributed by atoms with Crippen LogP contribution in [-0.2, 0) is 16.6 Å². The number of amides is 1. The molecule has 0 aliphatic carbocycles. The van der Waals surface area contributed by atoms with Gasteiger partial charge in [0.05, 0.1) is 36.7 Å². The smallest absolute Gasteiger partial charge is 0.256 e. The summed E-state index contributed by atoms with van der Waals surface area (Å²) in [6.07, 6.45) is 5.41. The summed E-state index contributed by atoms with van der Waals surface area (Å²) in [6, 6.07) is 7.71. The Balaban J connectivity index is 0.00000107. The van der Waals surface area contributed by atoms with Gasteiger partial charge in [-0.25, -0.2) is 9.97 Å². The van der Waals surface area contributed by atoms with Gasteiger partial charge in [-0.3, -0.25) is 14.4 Å². The second-order valence-electron chi connectivity index (χ2n) is 9.08. The Kier molecular flexibility index (Phi) is 8.89. The average molecular weight is 522 g/mol. The molecule has 1 fully saturated rings. The monoisotopic (exact) mass is 521 g/mol. The zero-order valence-electron chi connectivity index (χ0n) is 22.5. The van der Waals surface area contributed by atoms with E-state index in [1.54, 1.807) is 38.4 Å². The zero-order chi connectivity index (χ0) is 27.1. The molecular formula is C26H35N9O3. The van der Waals surface area contributed by atoms with Crippen LogP contribution in [0.25, 0.3) is 22.2 Å². The molecule has 202 valence electrons. The number of aryl methyl sites for hydroxylation is 1. The summed E-state index contributed by atoms with van der Waals surface area (Å²) in [5.74, 6) is 0.877. The topological polar surface area (TPSA) is 125 Å². The van der Waals surface area contributed by atoms with Crippen LogP contribution in [-0.4, -0.2) is 102 Å². The molecule has 1 saturated heterocycles. The van der Waals surface area contributed by atoms with E-state index < -0.39 is 0 Å². The second-order valence-corrected chi connectivity index (χ2v) is 9.08. The second kappa shape index (κ2) is 12.5. The van der Waals surface area contributed by atoms with Crippen LogP contribution in [0.15, 0.2) is 42.9 Å². The van der Waals surface area contributed by atoms with Gasteiger partial charge < -0.3 is 30.0 Å². The fourth-order valence-corrected chi connectivity index (χ4v) is 4.26. The molecule has 3 N–H and O–H groups in total. The van der Waals surface area contributed by atoms with Crippen molar-refractivity contribution in [3.8, 4) is 17.1 Å². The molecule has 4 heterocycles. The SMILES string of the molecule is COC.COc1nn(C)cc1Nc1nccc(-c2c[nH]c3c(NC(=O)CN4CCN(C)CC4)cccc23)n1. The van der Waals surface area contributed by atoms with Crippen LogP contribution in [0, 0.1) is 0 Å². The maximum Gasteiger partial charge on any atom is 0.256 e. The molecule has 12 nitrogen and oxygen atoms in total. The number of carbonyl (C=O) groups excluding carboxylic acids is 1. The first kappa shape index (κ1) is 27.0. The van der Waals surface area contributed by atoms with Crippen molar-refractivity contribution in [2.45, 2.75) is 0 Å². The molecular weight excluding hydrogens is 486 g/mol. The third-order valence-electron chi connectivity index (χ3n) is 6.12. The number of piperazine rings is 1. The fraction of sp³-hybridized carbons (Fsp3) is 0.385. The molecule has 1 amide bonds. The lowest BCUT2D eigenvalue weighted by Crippen LogP contribution is -2.47. The number of carbonyl (C=O) groups is 1. The highest BCUT2D eigenvalue weighted by Crippen LogP contribution is 2.32. The van der Waals surface area contributed by atoms with Crippen molar-refractivity contribution >= 4 is 34.1 Å². The summed E-state index contributed by atoms with van der Waals surface area (Å²) in [7, 11) is 8.74. The summed E-state index contributed by atoms with van der Waals surface area (Å²) >= 11 is 0. The number of para-hydroxylation sites is 1.